The molecule has 0 radical (unpaired) electrons. The summed E-state index contributed by atoms with van der Waals surface area (Å²) < 4.78 is 32.2. The van der Waals surface area contributed by atoms with Gasteiger partial charge in [0, 0.05) is 37.1 Å². The highest BCUT2D eigenvalue weighted by Crippen LogP contribution is 2.48. The highest BCUT2D eigenvalue weighted by molar-refractivity contribution is 6.47. The summed E-state index contributed by atoms with van der Waals surface area (Å²) in [6.07, 6.45) is -0.545. The second-order valence-corrected chi connectivity index (χ2v) is 8.86. The van der Waals surface area contributed by atoms with E-state index in [0.717, 1.165) is 0 Å². The van der Waals surface area contributed by atoms with Crippen molar-refractivity contribution in [2.75, 3.05) is 7.05 Å². The molecule has 174 valence electrons. The standard InChI is InChI=1S/C21H19Cl2F2N5O3/c1-9(12-7-21(24,25)8-12)13-6-16(27-28-19(13)31)33-18-14(22)4-11(5-15(18)23)17-20(32)26-10(2)30(3)29-17/h4-6,9,12H,2,7-8H2,1,3H3,(H,26,32)(H,28,31). The van der Waals surface area contributed by atoms with Crippen molar-refractivity contribution < 1.29 is 18.3 Å². The van der Waals surface area contributed by atoms with Gasteiger partial charge in [0.05, 0.1) is 10.0 Å². The van der Waals surface area contributed by atoms with Crippen molar-refractivity contribution >= 4 is 34.8 Å². The largest absolute Gasteiger partial charge is 0.434 e. The fourth-order valence-corrected chi connectivity index (χ4v) is 4.29. The molecule has 2 heterocycles. The Morgan fingerprint density at radius 1 is 1.24 bits per heavy atom. The number of carbonyl (C=O) groups is 1. The summed E-state index contributed by atoms with van der Waals surface area (Å²) in [5.74, 6) is -3.54. The molecule has 1 saturated carbocycles. The maximum Gasteiger partial charge on any atom is 0.277 e. The Balaban J connectivity index is 1.60. The highest BCUT2D eigenvalue weighted by Gasteiger charge is 2.48. The van der Waals surface area contributed by atoms with Crippen molar-refractivity contribution in [3.05, 3.63) is 62.1 Å². The van der Waals surface area contributed by atoms with E-state index in [2.05, 4.69) is 27.2 Å². The maximum absolute atomic E-state index is 13.3. The molecule has 1 amide bonds. The number of hydrogen-bond acceptors (Lipinski definition) is 6. The molecule has 0 saturated heterocycles. The number of amides is 1. The van der Waals surface area contributed by atoms with Gasteiger partial charge in [-0.3, -0.25) is 14.6 Å². The van der Waals surface area contributed by atoms with Crippen molar-refractivity contribution in [3.8, 4) is 11.6 Å². The quantitative estimate of drug-likeness (QED) is 0.642. The number of carbonyl (C=O) groups excluding carboxylic acids is 1. The molecule has 1 unspecified atom stereocenters. The van der Waals surface area contributed by atoms with Crippen LogP contribution in [0.5, 0.6) is 11.6 Å². The number of aromatic amines is 1. The summed E-state index contributed by atoms with van der Waals surface area (Å²) in [5, 5.41) is 14.4. The second-order valence-electron chi connectivity index (χ2n) is 8.05. The molecule has 12 heteroatoms. The van der Waals surface area contributed by atoms with Crippen molar-refractivity contribution in [3.63, 3.8) is 0 Å². The third-order valence-corrected chi connectivity index (χ3v) is 6.28. The lowest BCUT2D eigenvalue weighted by Gasteiger charge is -2.38. The Morgan fingerprint density at radius 2 is 1.88 bits per heavy atom. The lowest BCUT2D eigenvalue weighted by atomic mass is 9.71. The predicted molar refractivity (Wildman–Crippen MR) is 119 cm³/mol. The van der Waals surface area contributed by atoms with Gasteiger partial charge in [0.1, 0.15) is 5.82 Å². The van der Waals surface area contributed by atoms with Crippen LogP contribution in [0.3, 0.4) is 0 Å². The number of H-pyrrole nitrogens is 1. The Labute approximate surface area is 197 Å². The van der Waals surface area contributed by atoms with Crippen LogP contribution >= 0.6 is 23.2 Å². The zero-order chi connectivity index (χ0) is 24.1. The van der Waals surface area contributed by atoms with Gasteiger partial charge in [-0.25, -0.2) is 13.9 Å². The highest BCUT2D eigenvalue weighted by atomic mass is 35.5. The normalized spacial score (nSPS) is 19.0. The van der Waals surface area contributed by atoms with E-state index in [-0.39, 0.29) is 51.7 Å². The Kier molecular flexibility index (Phi) is 5.92. The first-order valence-electron chi connectivity index (χ1n) is 9.92. The molecule has 1 aromatic heterocycles. The van der Waals surface area contributed by atoms with Gasteiger partial charge in [-0.1, -0.05) is 36.7 Å². The molecule has 1 fully saturated rings. The summed E-state index contributed by atoms with van der Waals surface area (Å²) in [7, 11) is 1.62. The van der Waals surface area contributed by atoms with Crippen molar-refractivity contribution in [2.45, 2.75) is 31.6 Å². The van der Waals surface area contributed by atoms with Gasteiger partial charge in [0.15, 0.2) is 11.5 Å². The number of aromatic nitrogens is 2. The van der Waals surface area contributed by atoms with Crippen molar-refractivity contribution in [1.29, 1.82) is 0 Å². The number of alkyl halides is 2. The maximum atomic E-state index is 13.3. The first-order valence-corrected chi connectivity index (χ1v) is 10.7. The fraction of sp³-hybridized carbons (Fsp3) is 0.333. The summed E-state index contributed by atoms with van der Waals surface area (Å²) in [5.41, 5.74) is 0.227. The van der Waals surface area contributed by atoms with Crippen LogP contribution in [-0.4, -0.2) is 39.8 Å². The van der Waals surface area contributed by atoms with Crippen molar-refractivity contribution in [1.82, 2.24) is 20.5 Å². The Morgan fingerprint density at radius 3 is 2.48 bits per heavy atom. The summed E-state index contributed by atoms with van der Waals surface area (Å²) in [6, 6.07) is 4.29. The molecular weight excluding hydrogens is 479 g/mol. The number of halogens is 4. The molecule has 0 spiro atoms. The minimum Gasteiger partial charge on any atom is -0.434 e. The number of ether oxygens (including phenoxy) is 1. The van der Waals surface area contributed by atoms with Crippen LogP contribution in [0.1, 0.15) is 36.8 Å². The number of nitrogens with zero attached hydrogens (tertiary/aromatic N) is 3. The smallest absolute Gasteiger partial charge is 0.277 e. The van der Waals surface area contributed by atoms with Crippen LogP contribution in [0.15, 0.2) is 40.5 Å². The number of hydrazone groups is 1. The van der Waals surface area contributed by atoms with Gasteiger partial charge < -0.3 is 10.1 Å². The van der Waals surface area contributed by atoms with Crippen LogP contribution in [-0.2, 0) is 4.79 Å². The molecule has 33 heavy (non-hydrogen) atoms. The van der Waals surface area contributed by atoms with E-state index >= 15 is 0 Å². The molecule has 1 aliphatic carbocycles. The summed E-state index contributed by atoms with van der Waals surface area (Å²) >= 11 is 12.7. The Bertz CT molecular complexity index is 1220. The lowest BCUT2D eigenvalue weighted by Crippen LogP contribution is -2.41. The van der Waals surface area contributed by atoms with Gasteiger partial charge in [0.25, 0.3) is 11.5 Å². The van der Waals surface area contributed by atoms with E-state index in [1.54, 1.807) is 14.0 Å². The SMILES string of the molecule is C=C1NC(=O)C(c2cc(Cl)c(Oc3cc(C(C)C4CC(F)(F)C4)c(=O)[nH]n3)c(Cl)c2)=NN1C. The molecule has 1 atom stereocenters. The van der Waals surface area contributed by atoms with Crippen LogP contribution < -0.4 is 15.6 Å². The molecule has 1 aliphatic heterocycles. The average molecular weight is 498 g/mol. The molecular formula is C21H19Cl2F2N5O3. The average Bonchev–Trinajstić information content (AvgIpc) is 2.72. The van der Waals surface area contributed by atoms with Crippen LogP contribution in [0.2, 0.25) is 10.0 Å². The summed E-state index contributed by atoms with van der Waals surface area (Å²) in [6.45, 7) is 5.38. The zero-order valence-electron chi connectivity index (χ0n) is 17.6. The molecule has 8 nitrogen and oxygen atoms in total. The fourth-order valence-electron chi connectivity index (χ4n) is 3.72. The van der Waals surface area contributed by atoms with Gasteiger partial charge >= 0.3 is 0 Å². The minimum absolute atomic E-state index is 0.0112. The van der Waals surface area contributed by atoms with E-state index in [4.69, 9.17) is 27.9 Å². The van der Waals surface area contributed by atoms with Gasteiger partial charge in [0.2, 0.25) is 11.8 Å². The van der Waals surface area contributed by atoms with Gasteiger partial charge in [-0.15, -0.1) is 5.10 Å². The van der Waals surface area contributed by atoms with Crippen LogP contribution in [0.25, 0.3) is 0 Å². The molecule has 4 rings (SSSR count). The van der Waals surface area contributed by atoms with Gasteiger partial charge in [-0.05, 0) is 24.0 Å². The lowest BCUT2D eigenvalue weighted by molar-refractivity contribution is -0.116. The second kappa shape index (κ2) is 8.42. The summed E-state index contributed by atoms with van der Waals surface area (Å²) in [4.78, 5) is 24.5. The number of hydrogen-bond donors (Lipinski definition) is 2. The van der Waals surface area contributed by atoms with E-state index in [0.29, 0.717) is 11.4 Å². The third-order valence-electron chi connectivity index (χ3n) is 5.72. The Hall–Kier alpha value is -2.98. The molecule has 2 aromatic rings. The number of benzene rings is 1. The van der Waals surface area contributed by atoms with Crippen molar-refractivity contribution in [2.24, 2.45) is 11.0 Å². The van der Waals surface area contributed by atoms with Crippen LogP contribution in [0, 0.1) is 5.92 Å². The molecule has 0 bridgehead atoms. The van der Waals surface area contributed by atoms with Crippen LogP contribution in [0.4, 0.5) is 8.78 Å². The zero-order valence-corrected chi connectivity index (χ0v) is 19.1. The molecule has 2 N–H and O–H groups in total. The topological polar surface area (TPSA) is 99.7 Å². The van der Waals surface area contributed by atoms with Gasteiger partial charge in [-0.2, -0.15) is 5.10 Å². The minimum atomic E-state index is -2.69. The first kappa shape index (κ1) is 23.2. The molecule has 1 aromatic carbocycles. The van der Waals surface area contributed by atoms with E-state index < -0.39 is 23.3 Å². The van der Waals surface area contributed by atoms with E-state index in [9.17, 15) is 18.4 Å². The number of nitrogens with one attached hydrogen (secondary N) is 2. The van der Waals surface area contributed by atoms with E-state index in [1.807, 2.05) is 0 Å². The predicted octanol–water partition coefficient (Wildman–Crippen LogP) is 4.25. The monoisotopic (exact) mass is 497 g/mol. The number of rotatable bonds is 5. The molecule has 2 aliphatic rings. The van der Waals surface area contributed by atoms with E-state index in [1.165, 1.54) is 23.2 Å². The third kappa shape index (κ3) is 4.58. The first-order chi connectivity index (χ1) is 15.4.